The van der Waals surface area contributed by atoms with Gasteiger partial charge in [-0.15, -0.1) is 11.6 Å². The van der Waals surface area contributed by atoms with Gasteiger partial charge in [0.2, 0.25) is 0 Å². The van der Waals surface area contributed by atoms with Crippen molar-refractivity contribution in [1.82, 2.24) is 5.32 Å². The van der Waals surface area contributed by atoms with Gasteiger partial charge in [-0.3, -0.25) is 0 Å². The van der Waals surface area contributed by atoms with Crippen LogP contribution in [0.3, 0.4) is 0 Å². The smallest absolute Gasteiger partial charge is 0.317 e. The summed E-state index contributed by atoms with van der Waals surface area (Å²) in [5.74, 6) is 0. The second-order valence-corrected chi connectivity index (χ2v) is 3.78. The van der Waals surface area contributed by atoms with Crippen LogP contribution in [-0.2, 0) is 0 Å². The minimum atomic E-state index is -4.03. The van der Waals surface area contributed by atoms with E-state index >= 15 is 0 Å². The van der Waals surface area contributed by atoms with E-state index in [0.717, 1.165) is 6.42 Å². The number of alkyl halides is 4. The van der Waals surface area contributed by atoms with E-state index in [9.17, 15) is 13.2 Å². The zero-order chi connectivity index (χ0) is 10.3. The van der Waals surface area contributed by atoms with Crippen LogP contribution in [0.25, 0.3) is 0 Å². The van der Waals surface area contributed by atoms with Crippen molar-refractivity contribution >= 4 is 11.6 Å². The summed E-state index contributed by atoms with van der Waals surface area (Å²) in [7, 11) is 0. The standard InChI is InChI=1S/C8H15ClF3N/c1-7(9)3-6-13-5-2-4-8(10,11)12/h7,13H,2-6H2,1H3. The average Bonchev–Trinajstić information content (AvgIpc) is 1.93. The SMILES string of the molecule is CC(Cl)CCNCCCC(F)(F)F. The van der Waals surface area contributed by atoms with Gasteiger partial charge in [-0.2, -0.15) is 13.2 Å². The van der Waals surface area contributed by atoms with Crippen molar-refractivity contribution < 1.29 is 13.2 Å². The molecule has 1 N–H and O–H groups in total. The second kappa shape index (κ2) is 6.49. The summed E-state index contributed by atoms with van der Waals surface area (Å²) in [5.41, 5.74) is 0. The van der Waals surface area contributed by atoms with Gasteiger partial charge in [0.1, 0.15) is 0 Å². The van der Waals surface area contributed by atoms with Gasteiger partial charge in [0.05, 0.1) is 0 Å². The van der Waals surface area contributed by atoms with E-state index in [-0.39, 0.29) is 11.8 Å². The van der Waals surface area contributed by atoms with Crippen molar-refractivity contribution in [2.45, 2.75) is 37.7 Å². The van der Waals surface area contributed by atoms with E-state index in [1.165, 1.54) is 0 Å². The topological polar surface area (TPSA) is 12.0 Å². The van der Waals surface area contributed by atoms with E-state index in [1.807, 2.05) is 6.92 Å². The third-order valence-electron chi connectivity index (χ3n) is 1.53. The Balaban J connectivity index is 3.09. The Kier molecular flexibility index (Phi) is 6.51. The maximum Gasteiger partial charge on any atom is 0.389 e. The zero-order valence-corrected chi connectivity index (χ0v) is 8.38. The molecule has 1 nitrogen and oxygen atoms in total. The molecule has 1 unspecified atom stereocenters. The average molecular weight is 218 g/mol. The molecule has 0 bridgehead atoms. The highest BCUT2D eigenvalue weighted by Crippen LogP contribution is 2.20. The second-order valence-electron chi connectivity index (χ2n) is 3.04. The van der Waals surface area contributed by atoms with Gasteiger partial charge in [0.25, 0.3) is 0 Å². The van der Waals surface area contributed by atoms with Crippen LogP contribution in [0, 0.1) is 0 Å². The van der Waals surface area contributed by atoms with E-state index in [2.05, 4.69) is 5.32 Å². The predicted molar refractivity (Wildman–Crippen MR) is 48.1 cm³/mol. The first-order chi connectivity index (χ1) is 5.92. The van der Waals surface area contributed by atoms with E-state index in [4.69, 9.17) is 11.6 Å². The third-order valence-corrected chi connectivity index (χ3v) is 1.75. The number of rotatable bonds is 6. The van der Waals surface area contributed by atoms with Crippen LogP contribution in [0.2, 0.25) is 0 Å². The molecule has 0 saturated carbocycles. The van der Waals surface area contributed by atoms with Gasteiger partial charge in [-0.05, 0) is 32.9 Å². The fraction of sp³-hybridized carbons (Fsp3) is 1.00. The number of halogens is 4. The predicted octanol–water partition coefficient (Wildman–Crippen LogP) is 2.94. The first-order valence-electron chi connectivity index (χ1n) is 4.33. The van der Waals surface area contributed by atoms with E-state index in [0.29, 0.717) is 13.1 Å². The first kappa shape index (κ1) is 13.0. The Morgan fingerprint density at radius 2 is 1.92 bits per heavy atom. The lowest BCUT2D eigenvalue weighted by Crippen LogP contribution is -2.20. The molecule has 0 rings (SSSR count). The third kappa shape index (κ3) is 12.0. The summed E-state index contributed by atoms with van der Waals surface area (Å²) in [5, 5.41) is 2.98. The molecule has 0 spiro atoms. The quantitative estimate of drug-likeness (QED) is 0.533. The number of hydrogen-bond donors (Lipinski definition) is 1. The lowest BCUT2D eigenvalue weighted by atomic mass is 10.3. The van der Waals surface area contributed by atoms with Gasteiger partial charge >= 0.3 is 6.18 Å². The first-order valence-corrected chi connectivity index (χ1v) is 4.77. The Hall–Kier alpha value is 0.0400. The van der Waals surface area contributed by atoms with E-state index in [1.54, 1.807) is 0 Å². The molecule has 0 heterocycles. The van der Waals surface area contributed by atoms with Gasteiger partial charge in [-0.1, -0.05) is 0 Å². The maximum absolute atomic E-state index is 11.6. The lowest BCUT2D eigenvalue weighted by Gasteiger charge is -2.07. The zero-order valence-electron chi connectivity index (χ0n) is 7.62. The van der Waals surface area contributed by atoms with Crippen LogP contribution in [0.5, 0.6) is 0 Å². The highest BCUT2D eigenvalue weighted by molar-refractivity contribution is 6.20. The fourth-order valence-electron chi connectivity index (χ4n) is 0.840. The summed E-state index contributed by atoms with van der Waals surface area (Å²) < 4.78 is 34.9. The molecule has 0 aromatic carbocycles. The Labute approximate surface area is 81.6 Å². The number of hydrogen-bond acceptors (Lipinski definition) is 1. The molecule has 0 saturated heterocycles. The molecular formula is C8H15ClF3N. The fourth-order valence-corrected chi connectivity index (χ4v) is 0.949. The van der Waals surface area contributed by atoms with Gasteiger partial charge in [0, 0.05) is 11.8 Å². The van der Waals surface area contributed by atoms with Gasteiger partial charge in [0.15, 0.2) is 0 Å². The largest absolute Gasteiger partial charge is 0.389 e. The molecule has 13 heavy (non-hydrogen) atoms. The van der Waals surface area contributed by atoms with Crippen LogP contribution in [0.4, 0.5) is 13.2 Å². The van der Waals surface area contributed by atoms with Crippen LogP contribution in [-0.4, -0.2) is 24.6 Å². The lowest BCUT2D eigenvalue weighted by molar-refractivity contribution is -0.135. The van der Waals surface area contributed by atoms with Gasteiger partial charge < -0.3 is 5.32 Å². The van der Waals surface area contributed by atoms with Crippen molar-refractivity contribution in [2.75, 3.05) is 13.1 Å². The summed E-state index contributed by atoms with van der Waals surface area (Å²) in [6, 6.07) is 0. The molecule has 1 atom stereocenters. The van der Waals surface area contributed by atoms with Crippen LogP contribution in [0.15, 0.2) is 0 Å². The minimum absolute atomic E-state index is 0.0788. The minimum Gasteiger partial charge on any atom is -0.317 e. The molecule has 0 aliphatic rings. The molecule has 0 fully saturated rings. The van der Waals surface area contributed by atoms with Crippen LogP contribution < -0.4 is 5.32 Å². The Morgan fingerprint density at radius 1 is 1.31 bits per heavy atom. The molecule has 0 aliphatic heterocycles. The molecule has 0 aliphatic carbocycles. The van der Waals surface area contributed by atoms with Crippen molar-refractivity contribution in [1.29, 1.82) is 0 Å². The molecule has 5 heteroatoms. The number of nitrogens with one attached hydrogen (secondary N) is 1. The molecule has 0 amide bonds. The molecule has 0 aromatic heterocycles. The Morgan fingerprint density at radius 3 is 2.38 bits per heavy atom. The highest BCUT2D eigenvalue weighted by Gasteiger charge is 2.25. The summed E-state index contributed by atoms with van der Waals surface area (Å²) in [6.07, 6.45) is -3.81. The van der Waals surface area contributed by atoms with Crippen molar-refractivity contribution in [2.24, 2.45) is 0 Å². The van der Waals surface area contributed by atoms with Crippen LogP contribution in [0.1, 0.15) is 26.2 Å². The Bertz CT molecular complexity index is 125. The maximum atomic E-state index is 11.6. The summed E-state index contributed by atoms with van der Waals surface area (Å²) in [4.78, 5) is 0. The highest BCUT2D eigenvalue weighted by atomic mass is 35.5. The van der Waals surface area contributed by atoms with Gasteiger partial charge in [-0.25, -0.2) is 0 Å². The van der Waals surface area contributed by atoms with Crippen molar-refractivity contribution in [3.63, 3.8) is 0 Å². The normalized spacial score (nSPS) is 14.5. The van der Waals surface area contributed by atoms with E-state index < -0.39 is 12.6 Å². The summed E-state index contributed by atoms with van der Waals surface area (Å²) >= 11 is 5.64. The molecular weight excluding hydrogens is 203 g/mol. The monoisotopic (exact) mass is 217 g/mol. The molecule has 0 radical (unpaired) electrons. The van der Waals surface area contributed by atoms with Crippen LogP contribution >= 0.6 is 11.6 Å². The summed E-state index contributed by atoms with van der Waals surface area (Å²) in [6.45, 7) is 2.95. The molecule has 80 valence electrons. The molecule has 0 aromatic rings. The van der Waals surface area contributed by atoms with Crippen molar-refractivity contribution in [3.05, 3.63) is 0 Å². The van der Waals surface area contributed by atoms with Crippen molar-refractivity contribution in [3.8, 4) is 0 Å².